The minimum atomic E-state index is 0.718. The van der Waals surface area contributed by atoms with Crippen LogP contribution in [0.15, 0.2) is 12.2 Å². The van der Waals surface area contributed by atoms with Gasteiger partial charge in [-0.2, -0.15) is 0 Å². The summed E-state index contributed by atoms with van der Waals surface area (Å²) in [5, 5.41) is 0. The van der Waals surface area contributed by atoms with Gasteiger partial charge in [-0.15, -0.1) is 6.58 Å². The van der Waals surface area contributed by atoms with E-state index in [1.54, 1.807) is 0 Å². The van der Waals surface area contributed by atoms with Crippen LogP contribution in [0.3, 0.4) is 0 Å². The molecule has 0 aliphatic carbocycles. The number of nitrogens with one attached hydrogen (secondary N) is 2. The van der Waals surface area contributed by atoms with E-state index in [2.05, 4.69) is 24.4 Å². The maximum atomic E-state index is 3.90. The smallest absolute Gasteiger partial charge is 0.0225 e. The van der Waals surface area contributed by atoms with Crippen LogP contribution >= 0.6 is 0 Å². The highest BCUT2D eigenvalue weighted by Crippen LogP contribution is 2.10. The summed E-state index contributed by atoms with van der Waals surface area (Å²) in [5.74, 6) is 0. The molecule has 0 aromatic rings. The number of rotatable bonds is 5. The van der Waals surface area contributed by atoms with Crippen LogP contribution in [-0.4, -0.2) is 12.6 Å². The molecule has 0 amide bonds. The molecule has 1 rings (SSSR count). The highest BCUT2D eigenvalue weighted by Gasteiger charge is 2.11. The highest BCUT2D eigenvalue weighted by atomic mass is 15.4. The molecule has 0 saturated carbocycles. The van der Waals surface area contributed by atoms with Gasteiger partial charge in [-0.3, -0.25) is 10.9 Å². The molecule has 2 nitrogen and oxygen atoms in total. The minimum absolute atomic E-state index is 0.718. The molecule has 1 aliphatic heterocycles. The van der Waals surface area contributed by atoms with Gasteiger partial charge in [0.1, 0.15) is 0 Å². The van der Waals surface area contributed by atoms with E-state index in [1.807, 2.05) is 0 Å². The van der Waals surface area contributed by atoms with Crippen LogP contribution in [0.1, 0.15) is 39.0 Å². The van der Waals surface area contributed by atoms with E-state index < -0.39 is 0 Å². The number of hydrazine groups is 1. The first-order chi connectivity index (χ1) is 5.79. The summed E-state index contributed by atoms with van der Waals surface area (Å²) in [6.07, 6.45) is 6.41. The van der Waals surface area contributed by atoms with E-state index in [4.69, 9.17) is 0 Å². The molecule has 0 bridgehead atoms. The summed E-state index contributed by atoms with van der Waals surface area (Å²) in [6, 6.07) is 0.718. The first-order valence-corrected chi connectivity index (χ1v) is 4.92. The monoisotopic (exact) mass is 168 g/mol. The summed E-state index contributed by atoms with van der Waals surface area (Å²) in [5.41, 5.74) is 7.74. The quantitative estimate of drug-likeness (QED) is 0.484. The van der Waals surface area contributed by atoms with Crippen LogP contribution < -0.4 is 10.9 Å². The van der Waals surface area contributed by atoms with Gasteiger partial charge in [0.25, 0.3) is 0 Å². The Morgan fingerprint density at radius 3 is 2.92 bits per heavy atom. The minimum Gasteiger partial charge on any atom is -0.258 e. The molecule has 1 atom stereocenters. The Morgan fingerprint density at radius 1 is 1.50 bits per heavy atom. The van der Waals surface area contributed by atoms with Crippen molar-refractivity contribution >= 4 is 0 Å². The van der Waals surface area contributed by atoms with Gasteiger partial charge in [-0.25, -0.2) is 0 Å². The van der Waals surface area contributed by atoms with Crippen molar-refractivity contribution in [3.63, 3.8) is 0 Å². The molecule has 12 heavy (non-hydrogen) atoms. The Kier molecular flexibility index (Phi) is 4.33. The van der Waals surface area contributed by atoms with Crippen molar-refractivity contribution in [3.05, 3.63) is 12.2 Å². The highest BCUT2D eigenvalue weighted by molar-refractivity contribution is 4.87. The average Bonchev–Trinajstić information content (AvgIpc) is 2.49. The van der Waals surface area contributed by atoms with Gasteiger partial charge in [0.2, 0.25) is 0 Å². The molecule has 70 valence electrons. The second-order valence-electron chi connectivity index (χ2n) is 3.76. The lowest BCUT2D eigenvalue weighted by atomic mass is 10.1. The number of hydrogen-bond acceptors (Lipinski definition) is 2. The molecular weight excluding hydrogens is 148 g/mol. The summed E-state index contributed by atoms with van der Waals surface area (Å²) < 4.78 is 0. The maximum Gasteiger partial charge on any atom is 0.0225 e. The molecule has 2 heteroatoms. The van der Waals surface area contributed by atoms with Crippen molar-refractivity contribution in [1.82, 2.24) is 10.9 Å². The lowest BCUT2D eigenvalue weighted by molar-refractivity contribution is 0.495. The normalized spacial score (nSPS) is 22.9. The Morgan fingerprint density at radius 2 is 2.33 bits per heavy atom. The molecule has 0 aromatic heterocycles. The summed E-state index contributed by atoms with van der Waals surface area (Å²) in [7, 11) is 0. The number of unbranched alkanes of at least 4 members (excludes halogenated alkanes) is 1. The third-order valence-electron chi connectivity index (χ3n) is 2.33. The largest absolute Gasteiger partial charge is 0.258 e. The zero-order chi connectivity index (χ0) is 8.81. The second-order valence-corrected chi connectivity index (χ2v) is 3.76. The van der Waals surface area contributed by atoms with Crippen LogP contribution in [0.5, 0.6) is 0 Å². The van der Waals surface area contributed by atoms with Gasteiger partial charge in [0.15, 0.2) is 0 Å². The van der Waals surface area contributed by atoms with Crippen LogP contribution in [0.2, 0.25) is 0 Å². The predicted octanol–water partition coefficient (Wildman–Crippen LogP) is 1.99. The van der Waals surface area contributed by atoms with Crippen LogP contribution in [0.4, 0.5) is 0 Å². The van der Waals surface area contributed by atoms with Gasteiger partial charge >= 0.3 is 0 Å². The molecule has 1 unspecified atom stereocenters. The Hall–Kier alpha value is -0.340. The summed E-state index contributed by atoms with van der Waals surface area (Å²) in [6.45, 7) is 7.13. The topological polar surface area (TPSA) is 24.1 Å². The van der Waals surface area contributed by atoms with E-state index in [-0.39, 0.29) is 0 Å². The van der Waals surface area contributed by atoms with Gasteiger partial charge < -0.3 is 0 Å². The molecule has 0 radical (unpaired) electrons. The van der Waals surface area contributed by atoms with E-state index in [0.717, 1.165) is 12.6 Å². The van der Waals surface area contributed by atoms with Gasteiger partial charge in [-0.05, 0) is 32.6 Å². The van der Waals surface area contributed by atoms with E-state index in [9.17, 15) is 0 Å². The first-order valence-electron chi connectivity index (χ1n) is 4.92. The fourth-order valence-electron chi connectivity index (χ4n) is 1.57. The third-order valence-corrected chi connectivity index (χ3v) is 2.33. The standard InChI is InChI=1S/C10H20N2/c1-9(2)5-3-4-6-10-7-8-11-12-10/h10-12H,1,3-8H2,2H3. The van der Waals surface area contributed by atoms with Crippen molar-refractivity contribution in [2.24, 2.45) is 0 Å². The maximum absolute atomic E-state index is 3.90. The molecule has 1 aliphatic rings. The van der Waals surface area contributed by atoms with Crippen molar-refractivity contribution < 1.29 is 0 Å². The average molecular weight is 168 g/mol. The molecule has 2 N–H and O–H groups in total. The molecular formula is C10H20N2. The Balaban J connectivity index is 1.91. The second kappa shape index (κ2) is 5.33. The SMILES string of the molecule is C=C(C)CCCCC1CCNN1. The molecule has 1 fully saturated rings. The van der Waals surface area contributed by atoms with Crippen LogP contribution in [0, 0.1) is 0 Å². The van der Waals surface area contributed by atoms with Crippen LogP contribution in [-0.2, 0) is 0 Å². The van der Waals surface area contributed by atoms with Crippen molar-refractivity contribution in [1.29, 1.82) is 0 Å². The molecule has 0 spiro atoms. The summed E-state index contributed by atoms with van der Waals surface area (Å²) in [4.78, 5) is 0. The number of hydrogen-bond donors (Lipinski definition) is 2. The fourth-order valence-corrected chi connectivity index (χ4v) is 1.57. The van der Waals surface area contributed by atoms with E-state index in [0.29, 0.717) is 0 Å². The van der Waals surface area contributed by atoms with Crippen LogP contribution in [0.25, 0.3) is 0 Å². The predicted molar refractivity (Wildman–Crippen MR) is 52.8 cm³/mol. The summed E-state index contributed by atoms with van der Waals surface area (Å²) >= 11 is 0. The Labute approximate surface area is 75.4 Å². The molecule has 1 heterocycles. The van der Waals surface area contributed by atoms with Gasteiger partial charge in [-0.1, -0.05) is 12.0 Å². The Bertz CT molecular complexity index is 137. The van der Waals surface area contributed by atoms with E-state index >= 15 is 0 Å². The zero-order valence-electron chi connectivity index (χ0n) is 8.03. The van der Waals surface area contributed by atoms with E-state index in [1.165, 1.54) is 37.7 Å². The lowest BCUT2D eigenvalue weighted by Crippen LogP contribution is -2.29. The van der Waals surface area contributed by atoms with Crippen molar-refractivity contribution in [2.75, 3.05) is 6.54 Å². The van der Waals surface area contributed by atoms with Gasteiger partial charge in [0.05, 0.1) is 0 Å². The zero-order valence-corrected chi connectivity index (χ0v) is 8.03. The first kappa shape index (κ1) is 9.75. The lowest BCUT2D eigenvalue weighted by Gasteiger charge is -2.08. The fraction of sp³-hybridized carbons (Fsp3) is 0.800. The number of allylic oxidation sites excluding steroid dienone is 1. The third kappa shape index (κ3) is 3.88. The van der Waals surface area contributed by atoms with Crippen molar-refractivity contribution in [3.8, 4) is 0 Å². The molecule has 1 saturated heterocycles. The molecule has 0 aromatic carbocycles. The van der Waals surface area contributed by atoms with Crippen molar-refractivity contribution in [2.45, 2.75) is 45.1 Å². The van der Waals surface area contributed by atoms with Gasteiger partial charge in [0, 0.05) is 12.6 Å².